The maximum atomic E-state index is 5.60. The van der Waals surface area contributed by atoms with Gasteiger partial charge in [-0.15, -0.1) is 24.0 Å². The van der Waals surface area contributed by atoms with E-state index in [2.05, 4.69) is 28.8 Å². The average Bonchev–Trinajstić information content (AvgIpc) is 3.16. The summed E-state index contributed by atoms with van der Waals surface area (Å²) in [4.78, 5) is 9.25. The van der Waals surface area contributed by atoms with E-state index in [0.29, 0.717) is 18.5 Å². The van der Waals surface area contributed by atoms with Crippen LogP contribution in [-0.4, -0.2) is 35.0 Å². The third-order valence-electron chi connectivity index (χ3n) is 4.62. The Bertz CT molecular complexity index is 707. The van der Waals surface area contributed by atoms with E-state index in [1.807, 2.05) is 42.1 Å². The number of halogens is 1. The molecule has 7 heteroatoms. The van der Waals surface area contributed by atoms with Crippen LogP contribution in [0, 0.1) is 0 Å². The third kappa shape index (κ3) is 6.71. The fraction of sp³-hybridized carbons (Fsp3) is 0.500. The molecule has 148 valence electrons. The van der Waals surface area contributed by atoms with Gasteiger partial charge in [-0.3, -0.25) is 0 Å². The molecule has 0 amide bonds. The quantitative estimate of drug-likeness (QED) is 0.343. The summed E-state index contributed by atoms with van der Waals surface area (Å²) in [5.74, 6) is 1.51. The van der Waals surface area contributed by atoms with Crippen molar-refractivity contribution in [2.45, 2.75) is 50.4 Å². The van der Waals surface area contributed by atoms with Crippen LogP contribution < -0.4 is 10.6 Å². The Morgan fingerprint density at radius 3 is 2.85 bits per heavy atom. The van der Waals surface area contributed by atoms with E-state index in [1.165, 1.54) is 25.7 Å². The molecule has 0 bridgehead atoms. The van der Waals surface area contributed by atoms with Crippen molar-refractivity contribution in [3.63, 3.8) is 0 Å². The molecule has 0 saturated heterocycles. The Hall–Kier alpha value is -1.22. The number of hydrogen-bond acceptors (Lipinski definition) is 4. The minimum Gasteiger partial charge on any atom is -0.444 e. The van der Waals surface area contributed by atoms with Gasteiger partial charge in [-0.25, -0.2) is 9.98 Å². The lowest BCUT2D eigenvalue weighted by Crippen LogP contribution is -2.45. The Morgan fingerprint density at radius 2 is 2.11 bits per heavy atom. The first-order valence-corrected chi connectivity index (χ1v) is 10.6. The number of nitrogens with one attached hydrogen (secondary N) is 2. The van der Waals surface area contributed by atoms with E-state index >= 15 is 0 Å². The molecular weight excluding hydrogens is 471 g/mol. The molecule has 1 fully saturated rings. The summed E-state index contributed by atoms with van der Waals surface area (Å²) in [6.07, 6.45) is 8.93. The van der Waals surface area contributed by atoms with Gasteiger partial charge in [0.25, 0.3) is 0 Å². The molecule has 2 aromatic rings. The lowest BCUT2D eigenvalue weighted by atomic mass is 9.95. The second-order valence-corrected chi connectivity index (χ2v) is 7.71. The molecule has 27 heavy (non-hydrogen) atoms. The highest BCUT2D eigenvalue weighted by molar-refractivity contribution is 14.0. The summed E-state index contributed by atoms with van der Waals surface area (Å²) < 4.78 is 5.60. The van der Waals surface area contributed by atoms with Crippen molar-refractivity contribution < 1.29 is 4.42 Å². The van der Waals surface area contributed by atoms with Gasteiger partial charge in [-0.2, -0.15) is 11.8 Å². The van der Waals surface area contributed by atoms with Gasteiger partial charge < -0.3 is 15.1 Å². The van der Waals surface area contributed by atoms with Gasteiger partial charge in [0.2, 0.25) is 5.89 Å². The lowest BCUT2D eigenvalue weighted by molar-refractivity contribution is 0.419. The number of aromatic nitrogens is 1. The number of hydrogen-bond donors (Lipinski definition) is 2. The van der Waals surface area contributed by atoms with Crippen LogP contribution in [0.25, 0.3) is 11.5 Å². The highest BCUT2D eigenvalue weighted by atomic mass is 127. The summed E-state index contributed by atoms with van der Waals surface area (Å²) in [6, 6.07) is 10.4. The van der Waals surface area contributed by atoms with Gasteiger partial charge in [0.15, 0.2) is 5.96 Å². The summed E-state index contributed by atoms with van der Waals surface area (Å²) in [6.45, 7) is 3.44. The van der Waals surface area contributed by atoms with Crippen molar-refractivity contribution in [2.24, 2.45) is 4.99 Å². The maximum Gasteiger partial charge on any atom is 0.226 e. The highest BCUT2D eigenvalue weighted by Crippen LogP contribution is 2.26. The minimum atomic E-state index is 0. The zero-order valence-corrected chi connectivity index (χ0v) is 19.1. The largest absolute Gasteiger partial charge is 0.444 e. The number of rotatable bonds is 6. The van der Waals surface area contributed by atoms with Gasteiger partial charge in [-0.05, 0) is 44.6 Å². The summed E-state index contributed by atoms with van der Waals surface area (Å²) in [5, 5.41) is 7.70. The first-order chi connectivity index (χ1) is 12.8. The van der Waals surface area contributed by atoms with E-state index in [4.69, 9.17) is 9.41 Å². The van der Waals surface area contributed by atoms with Crippen LogP contribution in [0.15, 0.2) is 46.0 Å². The predicted octanol–water partition coefficient (Wildman–Crippen LogP) is 4.69. The molecule has 1 aromatic carbocycles. The Kier molecular flexibility index (Phi) is 9.47. The summed E-state index contributed by atoms with van der Waals surface area (Å²) >= 11 is 1.98. The predicted molar refractivity (Wildman–Crippen MR) is 125 cm³/mol. The monoisotopic (exact) mass is 500 g/mol. The molecule has 2 N–H and O–H groups in total. The number of thioether (sulfide) groups is 1. The smallest absolute Gasteiger partial charge is 0.226 e. The SMILES string of the molecule is CCNC(=NCc1coc(-c2ccccc2)n1)NC1CCCC(SC)C1.I. The number of guanidine groups is 1. The van der Waals surface area contributed by atoms with E-state index in [1.54, 1.807) is 6.26 Å². The molecule has 3 rings (SSSR count). The van der Waals surface area contributed by atoms with Crippen molar-refractivity contribution in [3.05, 3.63) is 42.3 Å². The van der Waals surface area contributed by atoms with Crippen molar-refractivity contribution >= 4 is 41.7 Å². The Labute approximate surface area is 183 Å². The second kappa shape index (κ2) is 11.6. The molecular formula is C20H29IN4OS. The van der Waals surface area contributed by atoms with Crippen LogP contribution in [0.1, 0.15) is 38.3 Å². The zero-order valence-electron chi connectivity index (χ0n) is 16.0. The molecule has 2 unspecified atom stereocenters. The second-order valence-electron chi connectivity index (χ2n) is 6.57. The van der Waals surface area contributed by atoms with Crippen LogP contribution in [0.3, 0.4) is 0 Å². The van der Waals surface area contributed by atoms with Crippen LogP contribution in [0.4, 0.5) is 0 Å². The number of nitrogens with zero attached hydrogens (tertiary/aromatic N) is 2. The first kappa shape index (κ1) is 22.1. The molecule has 1 aromatic heterocycles. The summed E-state index contributed by atoms with van der Waals surface area (Å²) in [5.41, 5.74) is 1.82. The standard InChI is InChI=1S/C20H28N4OS.HI/c1-3-21-20(24-16-10-7-11-18(12-16)26-2)22-13-17-14-25-19(23-17)15-8-5-4-6-9-15;/h4-6,8-9,14,16,18H,3,7,10-13H2,1-2H3,(H2,21,22,24);1H. The lowest BCUT2D eigenvalue weighted by Gasteiger charge is -2.29. The van der Waals surface area contributed by atoms with Crippen molar-refractivity contribution in [2.75, 3.05) is 12.8 Å². The molecule has 1 saturated carbocycles. The third-order valence-corrected chi connectivity index (χ3v) is 5.71. The number of aliphatic imine (C=N–C) groups is 1. The first-order valence-electron chi connectivity index (χ1n) is 9.36. The highest BCUT2D eigenvalue weighted by Gasteiger charge is 2.21. The fourth-order valence-electron chi connectivity index (χ4n) is 3.26. The summed E-state index contributed by atoms with van der Waals surface area (Å²) in [7, 11) is 0. The fourth-order valence-corrected chi connectivity index (χ4v) is 4.08. The number of oxazole rings is 1. The van der Waals surface area contributed by atoms with E-state index in [0.717, 1.165) is 29.0 Å². The maximum absolute atomic E-state index is 5.60. The minimum absolute atomic E-state index is 0. The molecule has 5 nitrogen and oxygen atoms in total. The van der Waals surface area contributed by atoms with Crippen LogP contribution in [-0.2, 0) is 6.54 Å². The Morgan fingerprint density at radius 1 is 1.30 bits per heavy atom. The molecule has 0 aliphatic heterocycles. The van der Waals surface area contributed by atoms with Gasteiger partial charge in [-0.1, -0.05) is 24.6 Å². The van der Waals surface area contributed by atoms with Crippen LogP contribution in [0.5, 0.6) is 0 Å². The van der Waals surface area contributed by atoms with E-state index in [-0.39, 0.29) is 24.0 Å². The van der Waals surface area contributed by atoms with E-state index < -0.39 is 0 Å². The molecule has 0 spiro atoms. The van der Waals surface area contributed by atoms with E-state index in [9.17, 15) is 0 Å². The molecule has 1 heterocycles. The molecule has 1 aliphatic rings. The van der Waals surface area contributed by atoms with Crippen LogP contribution >= 0.6 is 35.7 Å². The molecule has 1 aliphatic carbocycles. The zero-order chi connectivity index (χ0) is 18.2. The van der Waals surface area contributed by atoms with Crippen molar-refractivity contribution in [3.8, 4) is 11.5 Å². The van der Waals surface area contributed by atoms with Crippen LogP contribution in [0.2, 0.25) is 0 Å². The topological polar surface area (TPSA) is 62.5 Å². The number of benzene rings is 1. The van der Waals surface area contributed by atoms with Gasteiger partial charge >= 0.3 is 0 Å². The van der Waals surface area contributed by atoms with Crippen molar-refractivity contribution in [1.82, 2.24) is 15.6 Å². The Balaban J connectivity index is 0.00000261. The normalized spacial score (nSPS) is 20.0. The van der Waals surface area contributed by atoms with Gasteiger partial charge in [0, 0.05) is 23.4 Å². The molecule has 2 atom stereocenters. The molecule has 0 radical (unpaired) electrons. The van der Waals surface area contributed by atoms with Gasteiger partial charge in [0.1, 0.15) is 12.0 Å². The van der Waals surface area contributed by atoms with Gasteiger partial charge in [0.05, 0.1) is 6.54 Å². The van der Waals surface area contributed by atoms with Crippen molar-refractivity contribution in [1.29, 1.82) is 0 Å². The average molecular weight is 500 g/mol.